The van der Waals surface area contributed by atoms with Crippen molar-refractivity contribution in [2.24, 2.45) is 13.0 Å². The van der Waals surface area contributed by atoms with Crippen molar-refractivity contribution in [1.29, 1.82) is 0 Å². The molecule has 0 amide bonds. The lowest BCUT2D eigenvalue weighted by Crippen LogP contribution is -2.36. The fourth-order valence-corrected chi connectivity index (χ4v) is 3.43. The second kappa shape index (κ2) is 6.47. The van der Waals surface area contributed by atoms with Crippen molar-refractivity contribution in [2.45, 2.75) is 44.7 Å². The number of likely N-dealkylation sites (tertiary alicyclic amines) is 1. The largest absolute Gasteiger partial charge is 0.320 e. The standard InChI is InChI=1S/C17H24N6O/c1-21-12-19-20-16(21)10-22-6-4-13(5-7-22)9-23-11-18-15(8-17(23)24)14-2-3-14/h8,11-14H,2-7,9-10H2,1H3. The van der Waals surface area contributed by atoms with E-state index in [1.54, 1.807) is 23.3 Å². The molecule has 1 aliphatic carbocycles. The lowest BCUT2D eigenvalue weighted by molar-refractivity contribution is 0.161. The second-order valence-electron chi connectivity index (χ2n) is 7.16. The third-order valence-corrected chi connectivity index (χ3v) is 5.23. The van der Waals surface area contributed by atoms with E-state index in [9.17, 15) is 4.79 Å². The summed E-state index contributed by atoms with van der Waals surface area (Å²) < 4.78 is 3.76. The summed E-state index contributed by atoms with van der Waals surface area (Å²) in [5.74, 6) is 2.09. The maximum Gasteiger partial charge on any atom is 0.253 e. The number of rotatable bonds is 5. The van der Waals surface area contributed by atoms with E-state index < -0.39 is 0 Å². The zero-order chi connectivity index (χ0) is 16.5. The molecule has 0 unspecified atom stereocenters. The number of aryl methyl sites for hydroxylation is 1. The lowest BCUT2D eigenvalue weighted by atomic mass is 9.96. The van der Waals surface area contributed by atoms with E-state index in [0.29, 0.717) is 11.8 Å². The van der Waals surface area contributed by atoms with Gasteiger partial charge in [0.2, 0.25) is 0 Å². The van der Waals surface area contributed by atoms with E-state index in [0.717, 1.165) is 50.5 Å². The van der Waals surface area contributed by atoms with Gasteiger partial charge < -0.3 is 4.57 Å². The molecule has 128 valence electrons. The number of hydrogen-bond donors (Lipinski definition) is 0. The van der Waals surface area contributed by atoms with Crippen LogP contribution in [0, 0.1) is 5.92 Å². The van der Waals surface area contributed by atoms with Crippen LogP contribution in [0.2, 0.25) is 0 Å². The predicted molar refractivity (Wildman–Crippen MR) is 89.5 cm³/mol. The molecule has 7 nitrogen and oxygen atoms in total. The highest BCUT2D eigenvalue weighted by Crippen LogP contribution is 2.38. The molecule has 2 aromatic rings. The summed E-state index contributed by atoms with van der Waals surface area (Å²) in [5, 5.41) is 8.09. The first kappa shape index (κ1) is 15.5. The molecule has 0 radical (unpaired) electrons. The average molecular weight is 328 g/mol. The van der Waals surface area contributed by atoms with E-state index in [1.807, 2.05) is 11.6 Å². The Balaban J connectivity index is 1.31. The van der Waals surface area contributed by atoms with Crippen LogP contribution in [-0.4, -0.2) is 42.3 Å². The summed E-state index contributed by atoms with van der Waals surface area (Å²) in [4.78, 5) is 19.1. The van der Waals surface area contributed by atoms with Gasteiger partial charge in [-0.05, 0) is 44.7 Å². The molecule has 7 heteroatoms. The number of nitrogens with zero attached hydrogens (tertiary/aromatic N) is 6. The Hall–Kier alpha value is -2.02. The van der Waals surface area contributed by atoms with Crippen LogP contribution in [0.3, 0.4) is 0 Å². The molecular weight excluding hydrogens is 304 g/mol. The van der Waals surface area contributed by atoms with Crippen molar-refractivity contribution in [3.8, 4) is 0 Å². The van der Waals surface area contributed by atoms with Gasteiger partial charge in [0, 0.05) is 25.6 Å². The fourth-order valence-electron chi connectivity index (χ4n) is 3.43. The first-order chi connectivity index (χ1) is 11.7. The minimum Gasteiger partial charge on any atom is -0.320 e. The average Bonchev–Trinajstić information content (AvgIpc) is 3.36. The minimum absolute atomic E-state index is 0.105. The molecule has 1 aliphatic heterocycles. The molecule has 2 fully saturated rings. The molecule has 24 heavy (non-hydrogen) atoms. The van der Waals surface area contributed by atoms with Crippen molar-refractivity contribution in [1.82, 2.24) is 29.2 Å². The van der Waals surface area contributed by atoms with Gasteiger partial charge in [-0.25, -0.2) is 4.98 Å². The van der Waals surface area contributed by atoms with Crippen LogP contribution in [0.1, 0.15) is 43.1 Å². The Morgan fingerprint density at radius 3 is 2.58 bits per heavy atom. The Kier molecular flexibility index (Phi) is 4.18. The number of hydrogen-bond acceptors (Lipinski definition) is 5. The van der Waals surface area contributed by atoms with Gasteiger partial charge in [0.05, 0.1) is 18.6 Å². The third-order valence-electron chi connectivity index (χ3n) is 5.23. The topological polar surface area (TPSA) is 68.8 Å². The Morgan fingerprint density at radius 2 is 1.96 bits per heavy atom. The number of aromatic nitrogens is 5. The van der Waals surface area contributed by atoms with E-state index in [4.69, 9.17) is 0 Å². The zero-order valence-corrected chi connectivity index (χ0v) is 14.1. The quantitative estimate of drug-likeness (QED) is 0.824. The summed E-state index contributed by atoms with van der Waals surface area (Å²) in [6.45, 7) is 3.72. The molecule has 0 bridgehead atoms. The van der Waals surface area contributed by atoms with Crippen molar-refractivity contribution in [3.63, 3.8) is 0 Å². The van der Waals surface area contributed by atoms with Gasteiger partial charge in [-0.2, -0.15) is 0 Å². The monoisotopic (exact) mass is 328 g/mol. The molecule has 0 spiro atoms. The SMILES string of the molecule is Cn1cnnc1CN1CCC(Cn2cnc(C3CC3)cc2=O)CC1. The first-order valence-corrected chi connectivity index (χ1v) is 8.80. The molecular formula is C17H24N6O. The molecule has 0 N–H and O–H groups in total. The minimum atomic E-state index is 0.105. The fraction of sp³-hybridized carbons (Fsp3) is 0.647. The van der Waals surface area contributed by atoms with Crippen LogP contribution < -0.4 is 5.56 Å². The predicted octanol–water partition coefficient (Wildman–Crippen LogP) is 1.16. The van der Waals surface area contributed by atoms with E-state index in [-0.39, 0.29) is 5.56 Å². The molecule has 2 aromatic heterocycles. The Bertz CT molecular complexity index is 754. The van der Waals surface area contributed by atoms with Crippen molar-refractivity contribution < 1.29 is 0 Å². The van der Waals surface area contributed by atoms with Crippen molar-refractivity contribution in [3.05, 3.63) is 40.6 Å². The van der Waals surface area contributed by atoms with E-state index in [2.05, 4.69) is 20.1 Å². The maximum absolute atomic E-state index is 12.3. The van der Waals surface area contributed by atoms with Gasteiger partial charge >= 0.3 is 0 Å². The summed E-state index contributed by atoms with van der Waals surface area (Å²) >= 11 is 0. The summed E-state index contributed by atoms with van der Waals surface area (Å²) in [7, 11) is 1.98. The molecule has 0 atom stereocenters. The van der Waals surface area contributed by atoms with Crippen LogP contribution in [0.25, 0.3) is 0 Å². The van der Waals surface area contributed by atoms with Gasteiger partial charge in [0.15, 0.2) is 0 Å². The molecule has 2 aliphatic rings. The first-order valence-electron chi connectivity index (χ1n) is 8.80. The van der Waals surface area contributed by atoms with Gasteiger partial charge in [-0.1, -0.05) is 0 Å². The summed E-state index contributed by atoms with van der Waals surface area (Å²) in [6.07, 6.45) is 8.07. The molecule has 1 saturated heterocycles. The highest BCUT2D eigenvalue weighted by molar-refractivity contribution is 5.12. The van der Waals surface area contributed by atoms with Gasteiger partial charge in [0.25, 0.3) is 5.56 Å². The van der Waals surface area contributed by atoms with Crippen LogP contribution in [0.4, 0.5) is 0 Å². The van der Waals surface area contributed by atoms with Crippen molar-refractivity contribution >= 4 is 0 Å². The summed E-state index contributed by atoms with van der Waals surface area (Å²) in [5.41, 5.74) is 1.09. The molecule has 3 heterocycles. The maximum atomic E-state index is 12.3. The molecule has 1 saturated carbocycles. The zero-order valence-electron chi connectivity index (χ0n) is 14.1. The summed E-state index contributed by atoms with van der Waals surface area (Å²) in [6, 6.07) is 1.74. The lowest BCUT2D eigenvalue weighted by Gasteiger charge is -2.31. The van der Waals surface area contributed by atoms with Gasteiger partial charge in [0.1, 0.15) is 12.2 Å². The van der Waals surface area contributed by atoms with Gasteiger partial charge in [-0.3, -0.25) is 14.3 Å². The molecule has 4 rings (SSSR count). The van der Waals surface area contributed by atoms with Crippen LogP contribution in [0.15, 0.2) is 23.5 Å². The van der Waals surface area contributed by atoms with E-state index in [1.165, 1.54) is 12.8 Å². The van der Waals surface area contributed by atoms with Crippen LogP contribution >= 0.6 is 0 Å². The van der Waals surface area contributed by atoms with Crippen LogP contribution in [0.5, 0.6) is 0 Å². The van der Waals surface area contributed by atoms with Gasteiger partial charge in [-0.15, -0.1) is 10.2 Å². The second-order valence-corrected chi connectivity index (χ2v) is 7.16. The van der Waals surface area contributed by atoms with E-state index >= 15 is 0 Å². The number of piperidine rings is 1. The normalized spacial score (nSPS) is 19.7. The third kappa shape index (κ3) is 3.40. The Labute approximate surface area is 141 Å². The Morgan fingerprint density at radius 1 is 1.17 bits per heavy atom. The highest BCUT2D eigenvalue weighted by atomic mass is 16.1. The highest BCUT2D eigenvalue weighted by Gasteiger charge is 2.26. The molecule has 0 aromatic carbocycles. The van der Waals surface area contributed by atoms with Crippen molar-refractivity contribution in [2.75, 3.05) is 13.1 Å². The van der Waals surface area contributed by atoms with Crippen LogP contribution in [-0.2, 0) is 20.1 Å². The smallest absolute Gasteiger partial charge is 0.253 e.